The van der Waals surface area contributed by atoms with Gasteiger partial charge in [0, 0.05) is 12.6 Å². The molecule has 0 bridgehead atoms. The third-order valence-corrected chi connectivity index (χ3v) is 2.95. The summed E-state index contributed by atoms with van der Waals surface area (Å²) in [5.74, 6) is 0. The maximum Gasteiger partial charge on any atom is 0.105 e. The second-order valence-electron chi connectivity index (χ2n) is 3.72. The van der Waals surface area contributed by atoms with Crippen LogP contribution in [-0.2, 0) is 0 Å². The van der Waals surface area contributed by atoms with Crippen LogP contribution in [0.5, 0.6) is 0 Å². The van der Waals surface area contributed by atoms with Crippen LogP contribution in [0, 0.1) is 0 Å². The lowest BCUT2D eigenvalue weighted by Crippen LogP contribution is -2.32. The summed E-state index contributed by atoms with van der Waals surface area (Å²) in [5.41, 5.74) is 1.43. The fourth-order valence-corrected chi connectivity index (χ4v) is 1.95. The second kappa shape index (κ2) is 5.38. The van der Waals surface area contributed by atoms with Crippen molar-refractivity contribution in [2.45, 2.75) is 39.2 Å². The normalized spacial score (nSPS) is 25.5. The van der Waals surface area contributed by atoms with E-state index in [1.807, 2.05) is 0 Å². The molecule has 0 unspecified atom stereocenters. The van der Waals surface area contributed by atoms with Crippen molar-refractivity contribution in [2.24, 2.45) is 0 Å². The fourth-order valence-electron chi connectivity index (χ4n) is 1.95. The molecule has 76 valence electrons. The summed E-state index contributed by atoms with van der Waals surface area (Å²) in [7, 11) is 0. The van der Waals surface area contributed by atoms with Gasteiger partial charge in [-0.15, -0.1) is 0 Å². The highest BCUT2D eigenvalue weighted by atomic mass is 19.1. The van der Waals surface area contributed by atoms with Crippen LogP contribution in [0.25, 0.3) is 0 Å². The Morgan fingerprint density at radius 3 is 2.92 bits per heavy atom. The van der Waals surface area contributed by atoms with E-state index in [0.717, 1.165) is 32.4 Å². The van der Waals surface area contributed by atoms with Gasteiger partial charge >= 0.3 is 0 Å². The molecule has 1 fully saturated rings. The molecule has 0 spiro atoms. The predicted octanol–water partition coefficient (Wildman–Crippen LogP) is 2.78. The first-order chi connectivity index (χ1) is 6.31. The maximum absolute atomic E-state index is 12.5. The molecule has 0 aromatic heterocycles. The number of allylic oxidation sites excluding steroid dienone is 1. The van der Waals surface area contributed by atoms with E-state index in [1.54, 1.807) is 0 Å². The molecular weight excluding hydrogens is 165 g/mol. The Bertz CT molecular complexity index is 177. The van der Waals surface area contributed by atoms with Gasteiger partial charge < -0.3 is 0 Å². The van der Waals surface area contributed by atoms with Gasteiger partial charge in [0.15, 0.2) is 0 Å². The lowest BCUT2D eigenvalue weighted by Gasteiger charge is -2.22. The molecule has 1 rings (SSSR count). The zero-order valence-electron chi connectivity index (χ0n) is 8.72. The number of likely N-dealkylation sites (tertiary alicyclic amines) is 1. The van der Waals surface area contributed by atoms with Gasteiger partial charge in [0.25, 0.3) is 0 Å². The third-order valence-electron chi connectivity index (χ3n) is 2.95. The fraction of sp³-hybridized carbons (Fsp3) is 0.818. The van der Waals surface area contributed by atoms with E-state index in [9.17, 15) is 4.39 Å². The molecule has 1 heterocycles. The highest BCUT2D eigenvalue weighted by molar-refractivity contribution is 5.03. The Hall–Kier alpha value is -0.370. The summed E-state index contributed by atoms with van der Waals surface area (Å²) in [4.78, 5) is 2.28. The number of nitrogens with zero attached hydrogens (tertiary/aromatic N) is 1. The molecule has 1 aliphatic rings. The van der Waals surface area contributed by atoms with Crippen LogP contribution >= 0.6 is 0 Å². The van der Waals surface area contributed by atoms with E-state index < -0.39 is 0 Å². The van der Waals surface area contributed by atoms with Gasteiger partial charge in [-0.05, 0) is 32.7 Å². The van der Waals surface area contributed by atoms with Crippen molar-refractivity contribution < 1.29 is 4.39 Å². The molecule has 0 amide bonds. The molecular formula is C11H20FN. The van der Waals surface area contributed by atoms with E-state index in [2.05, 4.69) is 24.8 Å². The average molecular weight is 185 g/mol. The SMILES string of the molecule is C/C=C(\CC)CN1CCC[C@H]1CF. The first-order valence-electron chi connectivity index (χ1n) is 5.25. The van der Waals surface area contributed by atoms with Crippen LogP contribution in [0.3, 0.4) is 0 Å². The molecule has 0 aliphatic carbocycles. The number of rotatable bonds is 4. The van der Waals surface area contributed by atoms with Crippen LogP contribution in [0.2, 0.25) is 0 Å². The smallest absolute Gasteiger partial charge is 0.105 e. The zero-order valence-corrected chi connectivity index (χ0v) is 8.72. The molecule has 1 nitrogen and oxygen atoms in total. The quantitative estimate of drug-likeness (QED) is 0.609. The van der Waals surface area contributed by atoms with Gasteiger partial charge in [-0.3, -0.25) is 4.90 Å². The van der Waals surface area contributed by atoms with Gasteiger partial charge in [-0.2, -0.15) is 0 Å². The number of alkyl halides is 1. The van der Waals surface area contributed by atoms with Crippen molar-refractivity contribution >= 4 is 0 Å². The standard InChI is InChI=1S/C11H20FN/c1-3-10(4-2)9-13-7-5-6-11(13)8-12/h3,11H,4-9H2,1-2H3/b10-3+/t11-/m0/s1. The Kier molecular flexibility index (Phi) is 4.43. The second-order valence-corrected chi connectivity index (χ2v) is 3.72. The lowest BCUT2D eigenvalue weighted by atomic mass is 10.1. The summed E-state index contributed by atoms with van der Waals surface area (Å²) in [6, 6.07) is 0.196. The number of hydrogen-bond donors (Lipinski definition) is 0. The van der Waals surface area contributed by atoms with Gasteiger partial charge in [-0.1, -0.05) is 18.6 Å². The molecule has 0 aromatic carbocycles. The van der Waals surface area contributed by atoms with Crippen LogP contribution in [-0.4, -0.2) is 30.7 Å². The van der Waals surface area contributed by atoms with Crippen LogP contribution in [0.1, 0.15) is 33.1 Å². The zero-order chi connectivity index (χ0) is 9.68. The lowest BCUT2D eigenvalue weighted by molar-refractivity contribution is 0.228. The molecule has 1 aliphatic heterocycles. The van der Waals surface area contributed by atoms with Crippen LogP contribution < -0.4 is 0 Å². The van der Waals surface area contributed by atoms with E-state index >= 15 is 0 Å². The van der Waals surface area contributed by atoms with Crippen molar-refractivity contribution in [1.29, 1.82) is 0 Å². The van der Waals surface area contributed by atoms with Crippen LogP contribution in [0.4, 0.5) is 4.39 Å². The molecule has 1 saturated heterocycles. The summed E-state index contributed by atoms with van der Waals surface area (Å²) >= 11 is 0. The first-order valence-corrected chi connectivity index (χ1v) is 5.25. The van der Waals surface area contributed by atoms with E-state index in [1.165, 1.54) is 5.57 Å². The first kappa shape index (κ1) is 10.7. The largest absolute Gasteiger partial charge is 0.294 e. The third kappa shape index (κ3) is 2.80. The monoisotopic (exact) mass is 185 g/mol. The summed E-state index contributed by atoms with van der Waals surface area (Å²) in [6.45, 7) is 6.10. The van der Waals surface area contributed by atoms with Crippen molar-refractivity contribution in [3.05, 3.63) is 11.6 Å². The summed E-state index contributed by atoms with van der Waals surface area (Å²) in [5, 5.41) is 0. The predicted molar refractivity (Wildman–Crippen MR) is 54.6 cm³/mol. The van der Waals surface area contributed by atoms with Crippen molar-refractivity contribution in [3.8, 4) is 0 Å². The Labute approximate surface area is 80.6 Å². The Balaban J connectivity index is 2.43. The minimum Gasteiger partial charge on any atom is -0.294 e. The van der Waals surface area contributed by atoms with Gasteiger partial charge in [0.1, 0.15) is 6.67 Å². The highest BCUT2D eigenvalue weighted by Crippen LogP contribution is 2.19. The molecule has 0 aromatic rings. The van der Waals surface area contributed by atoms with E-state index in [0.29, 0.717) is 0 Å². The van der Waals surface area contributed by atoms with Gasteiger partial charge in [0.2, 0.25) is 0 Å². The Morgan fingerprint density at radius 2 is 2.38 bits per heavy atom. The summed E-state index contributed by atoms with van der Waals surface area (Å²) in [6.07, 6.45) is 5.45. The van der Waals surface area contributed by atoms with Crippen molar-refractivity contribution in [3.63, 3.8) is 0 Å². The van der Waals surface area contributed by atoms with Crippen molar-refractivity contribution in [1.82, 2.24) is 4.90 Å². The Morgan fingerprint density at radius 1 is 1.62 bits per heavy atom. The molecule has 1 atom stereocenters. The average Bonchev–Trinajstić information content (AvgIpc) is 2.61. The number of hydrogen-bond acceptors (Lipinski definition) is 1. The van der Waals surface area contributed by atoms with Crippen molar-refractivity contribution in [2.75, 3.05) is 19.8 Å². The van der Waals surface area contributed by atoms with E-state index in [4.69, 9.17) is 0 Å². The molecule has 0 N–H and O–H groups in total. The van der Waals surface area contributed by atoms with Gasteiger partial charge in [-0.25, -0.2) is 4.39 Å². The molecule has 0 saturated carbocycles. The molecule has 0 radical (unpaired) electrons. The maximum atomic E-state index is 12.5. The number of halogens is 1. The molecule has 2 heteroatoms. The highest BCUT2D eigenvalue weighted by Gasteiger charge is 2.24. The minimum absolute atomic E-state index is 0.180. The summed E-state index contributed by atoms with van der Waals surface area (Å²) < 4.78 is 12.5. The van der Waals surface area contributed by atoms with E-state index in [-0.39, 0.29) is 12.7 Å². The molecule has 13 heavy (non-hydrogen) atoms. The van der Waals surface area contributed by atoms with Crippen LogP contribution in [0.15, 0.2) is 11.6 Å². The minimum atomic E-state index is -0.180. The topological polar surface area (TPSA) is 3.24 Å². The van der Waals surface area contributed by atoms with Gasteiger partial charge in [0.05, 0.1) is 0 Å².